The van der Waals surface area contributed by atoms with Crippen LogP contribution in [0.3, 0.4) is 0 Å². The number of allylic oxidation sites excluding steroid dienone is 6. The van der Waals surface area contributed by atoms with Gasteiger partial charge in [0.1, 0.15) is 6.10 Å². The largest absolute Gasteiger partial charge is 0.481 e. The van der Waals surface area contributed by atoms with Crippen LogP contribution in [0.5, 0.6) is 0 Å². The summed E-state index contributed by atoms with van der Waals surface area (Å²) in [6.45, 7) is 2.19. The zero-order valence-corrected chi connectivity index (χ0v) is 15.5. The fraction of sp³-hybridized carbons (Fsp3) is 0.571. The van der Waals surface area contributed by atoms with Gasteiger partial charge in [-0.3, -0.25) is 10.1 Å². The molecule has 0 bridgehead atoms. The van der Waals surface area contributed by atoms with Gasteiger partial charge in [0.05, 0.1) is 0 Å². The summed E-state index contributed by atoms with van der Waals surface area (Å²) in [5.74, 6) is -0.726. The first-order valence-corrected chi connectivity index (χ1v) is 9.36. The van der Waals surface area contributed by atoms with E-state index in [1.165, 1.54) is 19.3 Å². The highest BCUT2D eigenvalue weighted by atomic mass is 17.1. The lowest BCUT2D eigenvalue weighted by molar-refractivity contribution is -0.264. The Hall–Kier alpha value is -1.65. The van der Waals surface area contributed by atoms with Crippen LogP contribution in [0.2, 0.25) is 0 Å². The van der Waals surface area contributed by atoms with Gasteiger partial charge in [0.15, 0.2) is 0 Å². The van der Waals surface area contributed by atoms with Crippen molar-refractivity contribution in [2.45, 2.75) is 77.2 Å². The van der Waals surface area contributed by atoms with Gasteiger partial charge in [0.25, 0.3) is 0 Å². The number of aliphatic carboxylic acids is 1. The summed E-state index contributed by atoms with van der Waals surface area (Å²) in [4.78, 5) is 14.8. The minimum Gasteiger partial charge on any atom is -0.481 e. The number of carbonyl (C=O) groups is 1. The number of hydrogen-bond donors (Lipinski definition) is 2. The molecule has 0 saturated carbocycles. The lowest BCUT2D eigenvalue weighted by Gasteiger charge is -2.04. The minimum absolute atomic E-state index is 0.251. The van der Waals surface area contributed by atoms with Crippen LogP contribution in [-0.4, -0.2) is 22.4 Å². The lowest BCUT2D eigenvalue weighted by Crippen LogP contribution is -2.04. The molecule has 0 rings (SSSR count). The van der Waals surface area contributed by atoms with Gasteiger partial charge >= 0.3 is 5.97 Å². The Balaban J connectivity index is 3.76. The standard InChI is InChI=1S/C21H34O4/c1-2-3-4-5-11-14-17-20(25-24)18-15-12-9-7-6-8-10-13-16-19-21(22)23/h6,8-9,11-12,14-15,18,20,24H,2-5,7,10,13,16-17,19H2,1H3,(H,22,23)/b8-6+,12-9+,14-11+,18-15+. The van der Waals surface area contributed by atoms with Gasteiger partial charge in [-0.05, 0) is 44.9 Å². The molecule has 1 unspecified atom stereocenters. The van der Waals surface area contributed by atoms with Crippen LogP contribution < -0.4 is 0 Å². The van der Waals surface area contributed by atoms with E-state index in [1.54, 1.807) is 0 Å². The van der Waals surface area contributed by atoms with Crippen molar-refractivity contribution in [3.8, 4) is 0 Å². The number of carboxylic acids is 1. The Kier molecular flexibility index (Phi) is 17.5. The predicted octanol–water partition coefficient (Wildman–Crippen LogP) is 6.07. The second-order valence-corrected chi connectivity index (χ2v) is 6.01. The van der Waals surface area contributed by atoms with E-state index >= 15 is 0 Å². The summed E-state index contributed by atoms with van der Waals surface area (Å²) < 4.78 is 0. The molecular formula is C21H34O4. The molecule has 0 aromatic rings. The summed E-state index contributed by atoms with van der Waals surface area (Å²) in [6.07, 6.45) is 24.8. The molecule has 0 aliphatic heterocycles. The molecule has 0 fully saturated rings. The fourth-order valence-corrected chi connectivity index (χ4v) is 2.19. The van der Waals surface area contributed by atoms with Crippen LogP contribution in [0.25, 0.3) is 0 Å². The first kappa shape index (κ1) is 23.4. The van der Waals surface area contributed by atoms with Gasteiger partial charge in [0.2, 0.25) is 0 Å². The average molecular weight is 350 g/mol. The van der Waals surface area contributed by atoms with Crippen LogP contribution in [0, 0.1) is 0 Å². The third-order valence-electron chi connectivity index (χ3n) is 3.67. The maximum Gasteiger partial charge on any atom is 0.303 e. The van der Waals surface area contributed by atoms with Crippen molar-refractivity contribution in [2.24, 2.45) is 0 Å². The van der Waals surface area contributed by atoms with Crippen LogP contribution in [0.1, 0.15) is 71.1 Å². The Morgan fingerprint density at radius 1 is 0.960 bits per heavy atom. The van der Waals surface area contributed by atoms with E-state index in [4.69, 9.17) is 10.4 Å². The summed E-state index contributed by atoms with van der Waals surface area (Å²) in [7, 11) is 0. The highest BCUT2D eigenvalue weighted by Crippen LogP contribution is 2.05. The van der Waals surface area contributed by atoms with Gasteiger partial charge in [-0.2, -0.15) is 0 Å². The minimum atomic E-state index is -0.726. The molecule has 0 aliphatic carbocycles. The first-order valence-electron chi connectivity index (χ1n) is 9.36. The fourth-order valence-electron chi connectivity index (χ4n) is 2.19. The summed E-state index contributed by atoms with van der Waals surface area (Å²) in [5, 5.41) is 17.4. The summed E-state index contributed by atoms with van der Waals surface area (Å²) in [5.41, 5.74) is 0. The van der Waals surface area contributed by atoms with E-state index in [2.05, 4.69) is 36.1 Å². The van der Waals surface area contributed by atoms with E-state index in [9.17, 15) is 4.79 Å². The van der Waals surface area contributed by atoms with Crippen molar-refractivity contribution in [3.05, 3.63) is 48.6 Å². The molecule has 1 atom stereocenters. The Labute approximate surface area is 152 Å². The molecule has 0 amide bonds. The second kappa shape index (κ2) is 18.7. The van der Waals surface area contributed by atoms with Crippen molar-refractivity contribution in [2.75, 3.05) is 0 Å². The van der Waals surface area contributed by atoms with Crippen molar-refractivity contribution < 1.29 is 20.0 Å². The second-order valence-electron chi connectivity index (χ2n) is 6.01. The van der Waals surface area contributed by atoms with E-state index in [0.29, 0.717) is 6.42 Å². The van der Waals surface area contributed by atoms with Gasteiger partial charge in [0, 0.05) is 6.42 Å². The summed E-state index contributed by atoms with van der Waals surface area (Å²) in [6, 6.07) is 0. The normalized spacial score (nSPS) is 13.7. The van der Waals surface area contributed by atoms with Crippen molar-refractivity contribution >= 4 is 5.97 Å². The van der Waals surface area contributed by atoms with E-state index in [1.807, 2.05) is 24.3 Å². The van der Waals surface area contributed by atoms with Gasteiger partial charge in [-0.25, -0.2) is 4.89 Å². The molecule has 0 spiro atoms. The third-order valence-corrected chi connectivity index (χ3v) is 3.67. The third kappa shape index (κ3) is 18.5. The number of carboxylic acid groups (broad SMARTS) is 1. The van der Waals surface area contributed by atoms with E-state index < -0.39 is 5.97 Å². The van der Waals surface area contributed by atoms with E-state index in [-0.39, 0.29) is 12.5 Å². The van der Waals surface area contributed by atoms with Crippen molar-refractivity contribution in [3.63, 3.8) is 0 Å². The molecule has 4 heteroatoms. The molecule has 0 aliphatic rings. The highest BCUT2D eigenvalue weighted by Gasteiger charge is 1.99. The smallest absolute Gasteiger partial charge is 0.303 e. The van der Waals surface area contributed by atoms with Crippen LogP contribution in [-0.2, 0) is 9.68 Å². The number of unbranched alkanes of at least 4 members (excludes halogenated alkanes) is 5. The first-order chi connectivity index (χ1) is 12.2. The van der Waals surface area contributed by atoms with Crippen LogP contribution >= 0.6 is 0 Å². The van der Waals surface area contributed by atoms with Gasteiger partial charge in [-0.15, -0.1) is 0 Å². The zero-order chi connectivity index (χ0) is 18.6. The number of rotatable bonds is 16. The average Bonchev–Trinajstić information content (AvgIpc) is 2.60. The number of hydrogen-bond acceptors (Lipinski definition) is 3. The highest BCUT2D eigenvalue weighted by molar-refractivity contribution is 5.66. The van der Waals surface area contributed by atoms with Gasteiger partial charge in [-0.1, -0.05) is 68.4 Å². The molecule has 2 N–H and O–H groups in total. The topological polar surface area (TPSA) is 66.8 Å². The Bertz CT molecular complexity index is 422. The molecule has 0 radical (unpaired) electrons. The maximum atomic E-state index is 10.4. The van der Waals surface area contributed by atoms with Crippen molar-refractivity contribution in [1.29, 1.82) is 0 Å². The predicted molar refractivity (Wildman–Crippen MR) is 104 cm³/mol. The van der Waals surface area contributed by atoms with E-state index in [0.717, 1.165) is 32.1 Å². The molecule has 0 saturated heterocycles. The SMILES string of the molecule is CCCCC/C=C/CC(/C=C/C=C/C/C=C/CCCCC(=O)O)OO. The van der Waals surface area contributed by atoms with Crippen molar-refractivity contribution in [1.82, 2.24) is 0 Å². The maximum absolute atomic E-state index is 10.4. The van der Waals surface area contributed by atoms with Crippen LogP contribution in [0.4, 0.5) is 0 Å². The summed E-state index contributed by atoms with van der Waals surface area (Å²) >= 11 is 0. The van der Waals surface area contributed by atoms with Crippen LogP contribution in [0.15, 0.2) is 48.6 Å². The molecule has 142 valence electrons. The zero-order valence-electron chi connectivity index (χ0n) is 15.5. The van der Waals surface area contributed by atoms with Gasteiger partial charge < -0.3 is 5.11 Å². The Morgan fingerprint density at radius 2 is 1.68 bits per heavy atom. The molecule has 25 heavy (non-hydrogen) atoms. The molecule has 0 aromatic heterocycles. The quantitative estimate of drug-likeness (QED) is 0.116. The monoisotopic (exact) mass is 350 g/mol. The molecule has 4 nitrogen and oxygen atoms in total. The Morgan fingerprint density at radius 3 is 2.36 bits per heavy atom. The molecular weight excluding hydrogens is 316 g/mol. The molecule has 0 aromatic carbocycles. The molecule has 0 heterocycles. The lowest BCUT2D eigenvalue weighted by atomic mass is 10.1.